The minimum Gasteiger partial charge on any atom is -0.490 e. The van der Waals surface area contributed by atoms with E-state index in [0.29, 0.717) is 5.56 Å². The van der Waals surface area contributed by atoms with Gasteiger partial charge in [0.15, 0.2) is 6.29 Å². The van der Waals surface area contributed by atoms with Crippen LogP contribution in [0.2, 0.25) is 0 Å². The smallest absolute Gasteiger partial charge is 0.311 e. The molecule has 0 amide bonds. The van der Waals surface area contributed by atoms with E-state index in [1.54, 1.807) is 12.1 Å². The van der Waals surface area contributed by atoms with Gasteiger partial charge in [-0.25, -0.2) is 0 Å². The molecule has 1 aromatic rings. The summed E-state index contributed by atoms with van der Waals surface area (Å²) in [5, 5.41) is 10.8. The monoisotopic (exact) mass is 225 g/mol. The van der Waals surface area contributed by atoms with Crippen molar-refractivity contribution in [3.05, 3.63) is 33.9 Å². The summed E-state index contributed by atoms with van der Waals surface area (Å²) in [6.45, 7) is 0. The molecule has 1 aliphatic rings. The number of rotatable bonds is 4. The molecule has 1 heterocycles. The fourth-order valence-electron chi connectivity index (χ4n) is 1.63. The molecule has 0 radical (unpaired) electrons. The van der Waals surface area contributed by atoms with Crippen molar-refractivity contribution in [2.75, 3.05) is 14.2 Å². The summed E-state index contributed by atoms with van der Waals surface area (Å²) < 4.78 is 15.2. The second-order valence-corrected chi connectivity index (χ2v) is 3.32. The Morgan fingerprint density at radius 1 is 1.44 bits per heavy atom. The highest BCUT2D eigenvalue weighted by molar-refractivity contribution is 5.53. The quantitative estimate of drug-likeness (QED) is 0.442. The van der Waals surface area contributed by atoms with Crippen LogP contribution in [0.15, 0.2) is 18.2 Å². The fourth-order valence-corrected chi connectivity index (χ4v) is 1.63. The van der Waals surface area contributed by atoms with Gasteiger partial charge < -0.3 is 14.2 Å². The maximum atomic E-state index is 10.8. The summed E-state index contributed by atoms with van der Waals surface area (Å²) in [6.07, 6.45) is -0.615. The van der Waals surface area contributed by atoms with E-state index in [9.17, 15) is 10.1 Å². The number of nitro groups is 1. The van der Waals surface area contributed by atoms with E-state index < -0.39 is 4.92 Å². The van der Waals surface area contributed by atoms with Crippen LogP contribution in [0.5, 0.6) is 5.75 Å². The van der Waals surface area contributed by atoms with Gasteiger partial charge in [0.25, 0.3) is 0 Å². The van der Waals surface area contributed by atoms with E-state index in [2.05, 4.69) is 0 Å². The van der Waals surface area contributed by atoms with Gasteiger partial charge in [-0.2, -0.15) is 0 Å². The van der Waals surface area contributed by atoms with Crippen molar-refractivity contribution in [3.63, 3.8) is 0 Å². The number of hydrogen-bond acceptors (Lipinski definition) is 5. The Morgan fingerprint density at radius 3 is 2.69 bits per heavy atom. The summed E-state index contributed by atoms with van der Waals surface area (Å²) >= 11 is 0. The van der Waals surface area contributed by atoms with Crippen molar-refractivity contribution in [2.24, 2.45) is 0 Å². The van der Waals surface area contributed by atoms with Crippen molar-refractivity contribution in [1.29, 1.82) is 0 Å². The molecule has 6 nitrogen and oxygen atoms in total. The molecular formula is C10H11NO5. The van der Waals surface area contributed by atoms with Gasteiger partial charge in [-0.3, -0.25) is 10.1 Å². The van der Waals surface area contributed by atoms with Gasteiger partial charge in [-0.1, -0.05) is 12.1 Å². The van der Waals surface area contributed by atoms with Gasteiger partial charge in [-0.15, -0.1) is 0 Å². The summed E-state index contributed by atoms with van der Waals surface area (Å²) in [5.41, 5.74) is 0.578. The Morgan fingerprint density at radius 2 is 2.19 bits per heavy atom. The first-order valence-electron chi connectivity index (χ1n) is 4.68. The molecule has 0 saturated carbocycles. The van der Waals surface area contributed by atoms with Crippen LogP contribution >= 0.6 is 0 Å². The minimum atomic E-state index is -0.480. The lowest BCUT2D eigenvalue weighted by atomic mass is 10.1. The third-order valence-corrected chi connectivity index (χ3v) is 2.42. The van der Waals surface area contributed by atoms with Crippen LogP contribution in [0, 0.1) is 10.1 Å². The first kappa shape index (κ1) is 10.8. The molecule has 0 aliphatic carbocycles. The Bertz CT molecular complexity index is 420. The lowest BCUT2D eigenvalue weighted by Gasteiger charge is -2.05. The number of hydrogen-bond donors (Lipinski definition) is 0. The molecule has 86 valence electrons. The summed E-state index contributed by atoms with van der Waals surface area (Å²) in [5.74, 6) is 0.233. The largest absolute Gasteiger partial charge is 0.490 e. The van der Waals surface area contributed by atoms with Crippen molar-refractivity contribution < 1.29 is 19.1 Å². The van der Waals surface area contributed by atoms with E-state index in [1.165, 1.54) is 20.3 Å². The second kappa shape index (κ2) is 4.07. The summed E-state index contributed by atoms with van der Waals surface area (Å²) in [4.78, 5) is 10.3. The van der Waals surface area contributed by atoms with E-state index in [4.69, 9.17) is 14.2 Å². The topological polar surface area (TPSA) is 74.1 Å². The average Bonchev–Trinajstić information content (AvgIpc) is 3.06. The first-order valence-corrected chi connectivity index (χ1v) is 4.68. The maximum absolute atomic E-state index is 10.8. The standard InChI is InChI=1S/C10H11NO5/c1-14-8-6(9-10(15-2)16-9)4-3-5-7(8)11(12)13/h3-5,9-10H,1-2H3. The van der Waals surface area contributed by atoms with Crippen molar-refractivity contribution >= 4 is 5.69 Å². The van der Waals surface area contributed by atoms with E-state index >= 15 is 0 Å². The highest BCUT2D eigenvalue weighted by atomic mass is 16.8. The van der Waals surface area contributed by atoms with Gasteiger partial charge in [0.1, 0.15) is 6.10 Å². The third kappa shape index (κ3) is 1.72. The van der Waals surface area contributed by atoms with Gasteiger partial charge in [0.05, 0.1) is 12.0 Å². The van der Waals surface area contributed by atoms with Gasteiger partial charge in [0, 0.05) is 18.7 Å². The predicted molar refractivity (Wildman–Crippen MR) is 54.3 cm³/mol. The number of epoxide rings is 1. The Kier molecular flexibility index (Phi) is 2.76. The second-order valence-electron chi connectivity index (χ2n) is 3.32. The molecule has 2 unspecified atom stereocenters. The van der Waals surface area contributed by atoms with Crippen LogP contribution in [-0.2, 0) is 9.47 Å². The Hall–Kier alpha value is -1.66. The molecule has 0 spiro atoms. The molecule has 0 aromatic heterocycles. The maximum Gasteiger partial charge on any atom is 0.311 e. The zero-order valence-electron chi connectivity index (χ0n) is 8.88. The Labute approximate surface area is 91.9 Å². The zero-order chi connectivity index (χ0) is 11.7. The number of ether oxygens (including phenoxy) is 3. The molecule has 1 saturated heterocycles. The van der Waals surface area contributed by atoms with E-state index in [1.807, 2.05) is 0 Å². The van der Waals surface area contributed by atoms with Crippen LogP contribution in [0.3, 0.4) is 0 Å². The number of para-hydroxylation sites is 1. The number of benzene rings is 1. The lowest BCUT2D eigenvalue weighted by Crippen LogP contribution is -1.99. The first-order chi connectivity index (χ1) is 7.69. The lowest BCUT2D eigenvalue weighted by molar-refractivity contribution is -0.385. The molecule has 0 bridgehead atoms. The predicted octanol–water partition coefficient (Wildman–Crippen LogP) is 1.65. The molecule has 2 atom stereocenters. The summed E-state index contributed by atoms with van der Waals surface area (Å²) in [7, 11) is 2.92. The number of methoxy groups -OCH3 is 2. The van der Waals surface area contributed by atoms with Crippen LogP contribution < -0.4 is 4.74 Å². The van der Waals surface area contributed by atoms with Crippen molar-refractivity contribution in [1.82, 2.24) is 0 Å². The SMILES string of the molecule is COc1c(C2OC2OC)cccc1[N+](=O)[O-]. The molecule has 1 aromatic carbocycles. The fraction of sp³-hybridized carbons (Fsp3) is 0.400. The molecule has 1 fully saturated rings. The van der Waals surface area contributed by atoms with Gasteiger partial charge >= 0.3 is 5.69 Å². The van der Waals surface area contributed by atoms with Crippen LogP contribution in [-0.4, -0.2) is 25.4 Å². The van der Waals surface area contributed by atoms with Gasteiger partial charge in [0.2, 0.25) is 5.75 Å². The molecule has 1 aliphatic heterocycles. The van der Waals surface area contributed by atoms with Crippen LogP contribution in [0.4, 0.5) is 5.69 Å². The molecule has 6 heteroatoms. The van der Waals surface area contributed by atoms with E-state index in [0.717, 1.165) is 0 Å². The van der Waals surface area contributed by atoms with Crippen LogP contribution in [0.25, 0.3) is 0 Å². The molecule has 16 heavy (non-hydrogen) atoms. The molecule has 0 N–H and O–H groups in total. The Balaban J connectivity index is 2.38. The third-order valence-electron chi connectivity index (χ3n) is 2.42. The number of nitro benzene ring substituents is 1. The summed E-state index contributed by atoms with van der Waals surface area (Å²) in [6, 6.07) is 4.73. The van der Waals surface area contributed by atoms with Gasteiger partial charge in [-0.05, 0) is 0 Å². The normalized spacial score (nSPS) is 22.9. The molecule has 2 rings (SSSR count). The highest BCUT2D eigenvalue weighted by Gasteiger charge is 2.43. The van der Waals surface area contributed by atoms with Crippen molar-refractivity contribution in [2.45, 2.75) is 12.4 Å². The minimum absolute atomic E-state index is 0.0645. The van der Waals surface area contributed by atoms with Crippen molar-refractivity contribution in [3.8, 4) is 5.75 Å². The zero-order valence-corrected chi connectivity index (χ0v) is 8.88. The highest BCUT2D eigenvalue weighted by Crippen LogP contribution is 2.45. The number of nitrogens with zero attached hydrogens (tertiary/aromatic N) is 1. The van der Waals surface area contributed by atoms with Crippen LogP contribution in [0.1, 0.15) is 11.7 Å². The average molecular weight is 225 g/mol. The molecular weight excluding hydrogens is 214 g/mol. The van der Waals surface area contributed by atoms with E-state index in [-0.39, 0.29) is 23.8 Å².